The monoisotopic (exact) mass is 359 g/mol. The van der Waals surface area contributed by atoms with Gasteiger partial charge in [-0.2, -0.15) is 0 Å². The van der Waals surface area contributed by atoms with Gasteiger partial charge in [0, 0.05) is 13.1 Å². The Kier molecular flexibility index (Phi) is 9.30. The molecule has 0 radical (unpaired) electrons. The average Bonchev–Trinajstić information content (AvgIpc) is 2.40. The molecule has 3 N–H and O–H groups in total. The van der Waals surface area contributed by atoms with Gasteiger partial charge >= 0.3 is 18.1 Å². The van der Waals surface area contributed by atoms with Gasteiger partial charge in [-0.1, -0.05) is 20.8 Å². The third-order valence-electron chi connectivity index (χ3n) is 3.12. The number of urea groups is 1. The van der Waals surface area contributed by atoms with Gasteiger partial charge in [-0.15, -0.1) is 0 Å². The van der Waals surface area contributed by atoms with Crippen LogP contribution in [0.4, 0.5) is 9.59 Å². The summed E-state index contributed by atoms with van der Waals surface area (Å²) in [5.74, 6) is -0.359. The zero-order valence-electron chi connectivity index (χ0n) is 16.4. The van der Waals surface area contributed by atoms with Crippen molar-refractivity contribution in [3.8, 4) is 0 Å². The minimum atomic E-state index is -0.593. The van der Waals surface area contributed by atoms with Crippen molar-refractivity contribution in [2.45, 2.75) is 66.5 Å². The molecule has 0 unspecified atom stereocenters. The molecule has 25 heavy (non-hydrogen) atoms. The van der Waals surface area contributed by atoms with E-state index in [9.17, 15) is 14.4 Å². The van der Waals surface area contributed by atoms with Crippen molar-refractivity contribution in [2.24, 2.45) is 5.41 Å². The molecular formula is C17H33N3O5. The van der Waals surface area contributed by atoms with Crippen LogP contribution in [-0.4, -0.2) is 49.4 Å². The molecule has 0 saturated heterocycles. The van der Waals surface area contributed by atoms with Gasteiger partial charge in [0.2, 0.25) is 0 Å². The van der Waals surface area contributed by atoms with Crippen molar-refractivity contribution in [3.63, 3.8) is 0 Å². The minimum absolute atomic E-state index is 0.111. The van der Waals surface area contributed by atoms with Crippen LogP contribution in [0.25, 0.3) is 0 Å². The second-order valence-corrected chi connectivity index (χ2v) is 7.76. The minimum Gasteiger partial charge on any atom is -0.466 e. The van der Waals surface area contributed by atoms with Crippen molar-refractivity contribution >= 4 is 18.1 Å². The van der Waals surface area contributed by atoms with Crippen LogP contribution in [-0.2, 0) is 14.3 Å². The van der Waals surface area contributed by atoms with Crippen LogP contribution in [0.2, 0.25) is 0 Å². The summed E-state index contributed by atoms with van der Waals surface area (Å²) in [6.45, 7) is 13.7. The van der Waals surface area contributed by atoms with Crippen LogP contribution in [0.3, 0.4) is 0 Å². The summed E-state index contributed by atoms with van der Waals surface area (Å²) >= 11 is 0. The van der Waals surface area contributed by atoms with Gasteiger partial charge in [0.05, 0.1) is 19.1 Å². The molecule has 0 heterocycles. The maximum absolute atomic E-state index is 12.0. The van der Waals surface area contributed by atoms with Crippen LogP contribution in [0.5, 0.6) is 0 Å². The van der Waals surface area contributed by atoms with Crippen molar-refractivity contribution in [1.82, 2.24) is 16.0 Å². The van der Waals surface area contributed by atoms with E-state index >= 15 is 0 Å². The fourth-order valence-corrected chi connectivity index (χ4v) is 1.79. The third kappa shape index (κ3) is 12.1. The van der Waals surface area contributed by atoms with E-state index in [1.54, 1.807) is 27.7 Å². The molecule has 146 valence electrons. The molecule has 0 aliphatic heterocycles. The standard InChI is InChI=1S/C17H33N3O5/c1-8-24-13(21)9-10-18-14(22)19-11-12(16(2,3)4)20-15(23)25-17(5,6)7/h12H,8-11H2,1-7H3,(H,20,23)(H2,18,19,22)/t12-/m1/s1. The van der Waals surface area contributed by atoms with Gasteiger partial charge in [0.1, 0.15) is 5.60 Å². The maximum Gasteiger partial charge on any atom is 0.407 e. The highest BCUT2D eigenvalue weighted by atomic mass is 16.6. The van der Waals surface area contributed by atoms with Gasteiger partial charge in [0.25, 0.3) is 0 Å². The van der Waals surface area contributed by atoms with Crippen LogP contribution in [0.1, 0.15) is 54.9 Å². The smallest absolute Gasteiger partial charge is 0.407 e. The summed E-state index contributed by atoms with van der Waals surface area (Å²) in [6.07, 6.45) is -0.419. The lowest BCUT2D eigenvalue weighted by Gasteiger charge is -2.32. The number of nitrogens with one attached hydrogen (secondary N) is 3. The fourth-order valence-electron chi connectivity index (χ4n) is 1.79. The summed E-state index contributed by atoms with van der Waals surface area (Å²) in [6, 6.07) is -0.734. The van der Waals surface area contributed by atoms with Crippen LogP contribution in [0.15, 0.2) is 0 Å². The number of alkyl carbamates (subject to hydrolysis) is 1. The SMILES string of the molecule is CCOC(=O)CCNC(=O)NC[C@@H](NC(=O)OC(C)(C)C)C(C)(C)C. The molecule has 0 fully saturated rings. The Morgan fingerprint density at radius 3 is 2.08 bits per heavy atom. The van der Waals surface area contributed by atoms with Crippen molar-refractivity contribution in [2.75, 3.05) is 19.7 Å². The Hall–Kier alpha value is -1.99. The molecule has 1 atom stereocenters. The van der Waals surface area contributed by atoms with Crippen LogP contribution >= 0.6 is 0 Å². The normalized spacial score (nSPS) is 12.8. The Morgan fingerprint density at radius 2 is 1.60 bits per heavy atom. The fraction of sp³-hybridized carbons (Fsp3) is 0.824. The molecule has 0 aromatic heterocycles. The number of carbonyl (C=O) groups is 3. The Morgan fingerprint density at radius 1 is 1.00 bits per heavy atom. The predicted octanol–water partition coefficient (Wildman–Crippen LogP) is 2.18. The summed E-state index contributed by atoms with van der Waals surface area (Å²) in [5.41, 5.74) is -0.875. The number of carbonyl (C=O) groups excluding carboxylic acids is 3. The van der Waals surface area contributed by atoms with E-state index in [-0.39, 0.29) is 36.9 Å². The van der Waals surface area contributed by atoms with Gasteiger partial charge in [-0.05, 0) is 33.1 Å². The first-order valence-electron chi connectivity index (χ1n) is 8.52. The summed E-state index contributed by atoms with van der Waals surface area (Å²) in [4.78, 5) is 35.0. The van der Waals surface area contributed by atoms with Gasteiger partial charge in [-0.25, -0.2) is 9.59 Å². The second kappa shape index (κ2) is 10.1. The first-order chi connectivity index (χ1) is 11.3. The highest BCUT2D eigenvalue weighted by molar-refractivity contribution is 5.75. The zero-order valence-corrected chi connectivity index (χ0v) is 16.4. The molecule has 0 rings (SSSR count). The number of hydrogen-bond acceptors (Lipinski definition) is 5. The Bertz CT molecular complexity index is 452. The molecule has 0 aromatic rings. The number of amides is 3. The van der Waals surface area contributed by atoms with Crippen molar-refractivity contribution in [1.29, 1.82) is 0 Å². The molecular weight excluding hydrogens is 326 g/mol. The lowest BCUT2D eigenvalue weighted by Crippen LogP contribution is -2.53. The number of rotatable bonds is 7. The highest BCUT2D eigenvalue weighted by Gasteiger charge is 2.28. The molecule has 8 heteroatoms. The largest absolute Gasteiger partial charge is 0.466 e. The second-order valence-electron chi connectivity index (χ2n) is 7.76. The average molecular weight is 359 g/mol. The van der Waals surface area contributed by atoms with E-state index in [0.29, 0.717) is 6.61 Å². The summed E-state index contributed by atoms with van der Waals surface area (Å²) in [7, 11) is 0. The van der Waals surface area contributed by atoms with Gasteiger partial charge in [-0.3, -0.25) is 4.79 Å². The number of ether oxygens (including phenoxy) is 2. The third-order valence-corrected chi connectivity index (χ3v) is 3.12. The lowest BCUT2D eigenvalue weighted by molar-refractivity contribution is -0.142. The predicted molar refractivity (Wildman–Crippen MR) is 95.3 cm³/mol. The number of esters is 1. The molecule has 8 nitrogen and oxygen atoms in total. The van der Waals surface area contributed by atoms with Gasteiger partial charge in [0.15, 0.2) is 0 Å². The van der Waals surface area contributed by atoms with Crippen molar-refractivity contribution < 1.29 is 23.9 Å². The van der Waals surface area contributed by atoms with E-state index in [2.05, 4.69) is 16.0 Å². The highest BCUT2D eigenvalue weighted by Crippen LogP contribution is 2.19. The van der Waals surface area contributed by atoms with E-state index < -0.39 is 17.7 Å². The summed E-state index contributed by atoms with van der Waals surface area (Å²) in [5, 5.41) is 8.05. The molecule has 0 aliphatic rings. The van der Waals surface area contributed by atoms with Gasteiger partial charge < -0.3 is 25.4 Å². The van der Waals surface area contributed by atoms with Crippen LogP contribution < -0.4 is 16.0 Å². The molecule has 3 amide bonds. The maximum atomic E-state index is 12.0. The first kappa shape index (κ1) is 23.0. The van der Waals surface area contributed by atoms with E-state index in [4.69, 9.17) is 9.47 Å². The summed E-state index contributed by atoms with van der Waals surface area (Å²) < 4.78 is 10.0. The molecule has 0 aromatic carbocycles. The molecule has 0 spiro atoms. The molecule has 0 bridgehead atoms. The van der Waals surface area contributed by atoms with E-state index in [0.717, 1.165) is 0 Å². The van der Waals surface area contributed by atoms with E-state index in [1.165, 1.54) is 0 Å². The molecule has 0 aliphatic carbocycles. The number of hydrogen-bond donors (Lipinski definition) is 3. The topological polar surface area (TPSA) is 106 Å². The quantitative estimate of drug-likeness (QED) is 0.604. The zero-order chi connectivity index (χ0) is 19.7. The molecule has 0 saturated carbocycles. The van der Waals surface area contributed by atoms with Crippen LogP contribution in [0, 0.1) is 5.41 Å². The first-order valence-corrected chi connectivity index (χ1v) is 8.52. The van der Waals surface area contributed by atoms with Crippen molar-refractivity contribution in [3.05, 3.63) is 0 Å². The van der Waals surface area contributed by atoms with E-state index in [1.807, 2.05) is 20.8 Å². The Balaban J connectivity index is 4.38. The Labute approximate surface area is 150 Å². The lowest BCUT2D eigenvalue weighted by atomic mass is 9.87.